The normalized spacial score (nSPS) is 16.0. The van der Waals surface area contributed by atoms with E-state index in [1.807, 2.05) is 53.6 Å². The van der Waals surface area contributed by atoms with Crippen LogP contribution in [0.25, 0.3) is 0 Å². The van der Waals surface area contributed by atoms with Crippen LogP contribution in [-0.2, 0) is 24.3 Å². The third-order valence-corrected chi connectivity index (χ3v) is 7.53. The molecule has 2 aliphatic heterocycles. The van der Waals surface area contributed by atoms with E-state index in [-0.39, 0.29) is 18.6 Å². The fourth-order valence-corrected chi connectivity index (χ4v) is 5.42. The van der Waals surface area contributed by atoms with Crippen molar-refractivity contribution in [1.82, 2.24) is 15.2 Å². The Morgan fingerprint density at radius 3 is 2.58 bits per heavy atom. The van der Waals surface area contributed by atoms with Crippen molar-refractivity contribution in [2.24, 2.45) is 0 Å². The quantitative estimate of drug-likeness (QED) is 0.467. The first-order valence-electron chi connectivity index (χ1n) is 14.3. The molecule has 5 rings (SSSR count). The van der Waals surface area contributed by atoms with Crippen molar-refractivity contribution in [3.8, 4) is 11.5 Å². The Kier molecular flexibility index (Phi) is 9.29. The summed E-state index contributed by atoms with van der Waals surface area (Å²) in [6, 6.07) is 15.7. The third-order valence-electron chi connectivity index (χ3n) is 7.53. The summed E-state index contributed by atoms with van der Waals surface area (Å²) >= 11 is 0. The van der Waals surface area contributed by atoms with Crippen LogP contribution >= 0.6 is 0 Å². The monoisotopic (exact) mass is 542 g/mol. The van der Waals surface area contributed by atoms with Crippen molar-refractivity contribution < 1.29 is 19.1 Å². The van der Waals surface area contributed by atoms with Crippen molar-refractivity contribution in [3.05, 3.63) is 83.2 Å². The highest BCUT2D eigenvalue weighted by molar-refractivity contribution is 5.97. The van der Waals surface area contributed by atoms with E-state index in [1.165, 1.54) is 12.8 Å². The zero-order valence-electron chi connectivity index (χ0n) is 23.2. The predicted molar refractivity (Wildman–Crippen MR) is 155 cm³/mol. The van der Waals surface area contributed by atoms with E-state index in [4.69, 9.17) is 9.47 Å². The zero-order chi connectivity index (χ0) is 27.7. The first kappa shape index (κ1) is 27.6. The second kappa shape index (κ2) is 13.4. The van der Waals surface area contributed by atoms with E-state index in [0.29, 0.717) is 31.6 Å². The molecule has 8 heteroatoms. The summed E-state index contributed by atoms with van der Waals surface area (Å²) in [4.78, 5) is 34.5. The van der Waals surface area contributed by atoms with Gasteiger partial charge < -0.3 is 19.7 Å². The van der Waals surface area contributed by atoms with Gasteiger partial charge in [0.25, 0.3) is 5.91 Å². The number of nitrogens with one attached hydrogen (secondary N) is 1. The lowest BCUT2D eigenvalue weighted by molar-refractivity contribution is -0.116. The summed E-state index contributed by atoms with van der Waals surface area (Å²) in [5.41, 5.74) is 4.70. The number of ether oxygens (including phenoxy) is 2. The number of fused-ring (bicyclic) bond motifs is 2. The Morgan fingerprint density at radius 1 is 0.925 bits per heavy atom. The standard InChI is InChI=1S/C32H38N4O4/c1-24(37)36-17-6-4-2-3-5-16-35(21-26-8-7-14-33-20-26)22-28-19-27(10-11-29(28)36)32(38)34-15-13-25-9-12-30-31(18-25)40-23-39-30/h7-12,14,18-20H,2-6,13,15-17,21-23H2,1H3,(H,34,38). The van der Waals surface area contributed by atoms with Gasteiger partial charge in [-0.3, -0.25) is 19.5 Å². The Morgan fingerprint density at radius 2 is 1.75 bits per heavy atom. The van der Waals surface area contributed by atoms with Crippen molar-refractivity contribution in [2.45, 2.75) is 58.5 Å². The maximum absolute atomic E-state index is 13.2. The van der Waals surface area contributed by atoms with Gasteiger partial charge in [0.1, 0.15) is 0 Å². The Balaban J connectivity index is 1.34. The number of rotatable bonds is 6. The SMILES string of the molecule is CC(=O)N1CCCCCCCN(Cc2cccnc2)Cc2cc(C(=O)NCCc3ccc4c(c3)OCO4)ccc21. The van der Waals surface area contributed by atoms with Gasteiger partial charge in [-0.15, -0.1) is 0 Å². The summed E-state index contributed by atoms with van der Waals surface area (Å²) in [6.45, 7) is 5.41. The molecule has 0 saturated heterocycles. The minimum Gasteiger partial charge on any atom is -0.454 e. The highest BCUT2D eigenvalue weighted by Gasteiger charge is 2.20. The molecule has 0 aliphatic carbocycles. The number of carbonyl (C=O) groups is 2. The summed E-state index contributed by atoms with van der Waals surface area (Å²) < 4.78 is 10.8. The number of amides is 2. The largest absolute Gasteiger partial charge is 0.454 e. The molecule has 3 aromatic rings. The lowest BCUT2D eigenvalue weighted by Crippen LogP contribution is -2.33. The molecule has 1 aromatic heterocycles. The average Bonchev–Trinajstić information content (AvgIpc) is 3.42. The molecule has 0 radical (unpaired) electrons. The number of anilines is 1. The van der Waals surface area contributed by atoms with Gasteiger partial charge in [0, 0.05) is 56.7 Å². The molecular weight excluding hydrogens is 504 g/mol. The van der Waals surface area contributed by atoms with Crippen LogP contribution in [0.3, 0.4) is 0 Å². The molecule has 0 fully saturated rings. The Hall–Kier alpha value is -3.91. The number of benzene rings is 2. The molecule has 0 saturated carbocycles. The number of carbonyl (C=O) groups excluding carboxylic acids is 2. The van der Waals surface area contributed by atoms with Gasteiger partial charge in [-0.2, -0.15) is 0 Å². The molecule has 0 bridgehead atoms. The van der Waals surface area contributed by atoms with E-state index in [9.17, 15) is 9.59 Å². The molecule has 3 heterocycles. The van der Waals surface area contributed by atoms with Gasteiger partial charge in [0.2, 0.25) is 12.7 Å². The van der Waals surface area contributed by atoms with Gasteiger partial charge in [-0.05, 0) is 78.9 Å². The fraction of sp³-hybridized carbons (Fsp3) is 0.406. The van der Waals surface area contributed by atoms with Gasteiger partial charge in [-0.25, -0.2) is 0 Å². The summed E-state index contributed by atoms with van der Waals surface area (Å²) in [5.74, 6) is 1.40. The molecule has 2 amide bonds. The van der Waals surface area contributed by atoms with Crippen LogP contribution < -0.4 is 19.7 Å². The Bertz CT molecular complexity index is 1310. The molecule has 0 spiro atoms. The second-order valence-corrected chi connectivity index (χ2v) is 10.5. The fourth-order valence-electron chi connectivity index (χ4n) is 5.42. The molecule has 0 unspecified atom stereocenters. The minimum atomic E-state index is -0.122. The lowest BCUT2D eigenvalue weighted by Gasteiger charge is -2.29. The average molecular weight is 543 g/mol. The highest BCUT2D eigenvalue weighted by atomic mass is 16.7. The van der Waals surface area contributed by atoms with E-state index >= 15 is 0 Å². The molecular formula is C32H38N4O4. The zero-order valence-corrected chi connectivity index (χ0v) is 23.2. The van der Waals surface area contributed by atoms with Crippen LogP contribution in [0.5, 0.6) is 11.5 Å². The topological polar surface area (TPSA) is 84.0 Å². The second-order valence-electron chi connectivity index (χ2n) is 10.5. The number of hydrogen-bond acceptors (Lipinski definition) is 6. The first-order chi connectivity index (χ1) is 19.6. The van der Waals surface area contributed by atoms with Gasteiger partial charge in [0.15, 0.2) is 11.5 Å². The van der Waals surface area contributed by atoms with Crippen LogP contribution in [-0.4, -0.2) is 48.1 Å². The van der Waals surface area contributed by atoms with Crippen LogP contribution in [0.1, 0.15) is 66.1 Å². The molecule has 210 valence electrons. The highest BCUT2D eigenvalue weighted by Crippen LogP contribution is 2.32. The van der Waals surface area contributed by atoms with Crippen molar-refractivity contribution in [1.29, 1.82) is 0 Å². The van der Waals surface area contributed by atoms with Gasteiger partial charge in [0.05, 0.1) is 0 Å². The smallest absolute Gasteiger partial charge is 0.251 e. The minimum absolute atomic E-state index is 0.0260. The Labute approximate surface area is 236 Å². The molecule has 1 N–H and O–H groups in total. The van der Waals surface area contributed by atoms with Crippen LogP contribution in [0.15, 0.2) is 60.9 Å². The maximum Gasteiger partial charge on any atom is 0.251 e. The van der Waals surface area contributed by atoms with Crippen LogP contribution in [0.4, 0.5) is 5.69 Å². The van der Waals surface area contributed by atoms with E-state index in [2.05, 4.69) is 21.3 Å². The molecule has 40 heavy (non-hydrogen) atoms. The van der Waals surface area contributed by atoms with Crippen molar-refractivity contribution in [3.63, 3.8) is 0 Å². The maximum atomic E-state index is 13.2. The van der Waals surface area contributed by atoms with Crippen molar-refractivity contribution >= 4 is 17.5 Å². The van der Waals surface area contributed by atoms with Crippen LogP contribution in [0.2, 0.25) is 0 Å². The van der Waals surface area contributed by atoms with E-state index in [1.54, 1.807) is 13.1 Å². The van der Waals surface area contributed by atoms with E-state index < -0.39 is 0 Å². The number of nitrogens with zero attached hydrogens (tertiary/aromatic N) is 3. The van der Waals surface area contributed by atoms with E-state index in [0.717, 1.165) is 66.2 Å². The lowest BCUT2D eigenvalue weighted by atomic mass is 10.0. The number of pyridine rings is 1. The molecule has 2 aromatic carbocycles. The molecule has 8 nitrogen and oxygen atoms in total. The van der Waals surface area contributed by atoms with Crippen LogP contribution in [0, 0.1) is 0 Å². The van der Waals surface area contributed by atoms with Gasteiger partial charge >= 0.3 is 0 Å². The number of hydrogen-bond donors (Lipinski definition) is 1. The predicted octanol–water partition coefficient (Wildman–Crippen LogP) is 5.10. The summed E-state index contributed by atoms with van der Waals surface area (Å²) in [6.07, 6.45) is 9.91. The van der Waals surface area contributed by atoms with Crippen molar-refractivity contribution in [2.75, 3.05) is 31.3 Å². The van der Waals surface area contributed by atoms with Gasteiger partial charge in [-0.1, -0.05) is 31.4 Å². The molecule has 2 aliphatic rings. The summed E-state index contributed by atoms with van der Waals surface area (Å²) in [5, 5.41) is 3.06. The summed E-state index contributed by atoms with van der Waals surface area (Å²) in [7, 11) is 0. The number of aromatic nitrogens is 1. The first-order valence-corrected chi connectivity index (χ1v) is 14.3. The third kappa shape index (κ3) is 7.18. The molecule has 0 atom stereocenters.